The Hall–Kier alpha value is -0.790. The van der Waals surface area contributed by atoms with Gasteiger partial charge in [0.1, 0.15) is 0 Å². The van der Waals surface area contributed by atoms with Crippen LogP contribution in [0.2, 0.25) is 0 Å². The lowest BCUT2D eigenvalue weighted by Crippen LogP contribution is -2.56. The molecule has 0 bridgehead atoms. The van der Waals surface area contributed by atoms with Crippen molar-refractivity contribution >= 4 is 5.91 Å². The van der Waals surface area contributed by atoms with Crippen LogP contribution in [-0.2, 0) is 4.79 Å². The van der Waals surface area contributed by atoms with Crippen molar-refractivity contribution in [2.24, 2.45) is 11.3 Å². The van der Waals surface area contributed by atoms with Gasteiger partial charge in [0.2, 0.25) is 5.91 Å². The smallest absolute Gasteiger partial charge is 0.245 e. The summed E-state index contributed by atoms with van der Waals surface area (Å²) < 4.78 is 0. The predicted octanol–water partition coefficient (Wildman–Crippen LogP) is 2.07. The molecule has 74 valence electrons. The van der Waals surface area contributed by atoms with Crippen LogP contribution < -0.4 is 0 Å². The van der Waals surface area contributed by atoms with Crippen LogP contribution in [0.15, 0.2) is 12.7 Å². The highest BCUT2D eigenvalue weighted by Gasteiger charge is 2.40. The summed E-state index contributed by atoms with van der Waals surface area (Å²) in [5.41, 5.74) is 0.354. The third kappa shape index (κ3) is 2.33. The molecule has 1 heterocycles. The zero-order valence-corrected chi connectivity index (χ0v) is 8.84. The lowest BCUT2D eigenvalue weighted by atomic mass is 9.75. The number of rotatable bonds is 3. The molecule has 0 aromatic heterocycles. The van der Waals surface area contributed by atoms with Crippen LogP contribution in [-0.4, -0.2) is 23.9 Å². The highest BCUT2D eigenvalue weighted by Crippen LogP contribution is 2.35. The highest BCUT2D eigenvalue weighted by atomic mass is 16.2. The number of carbonyl (C=O) groups excluding carboxylic acids is 1. The Labute approximate surface area is 80.6 Å². The van der Waals surface area contributed by atoms with Gasteiger partial charge in [0.05, 0.1) is 0 Å². The molecule has 0 aromatic carbocycles. The Bertz CT molecular complexity index is 214. The van der Waals surface area contributed by atoms with Gasteiger partial charge in [-0.15, -0.1) is 0 Å². The quantitative estimate of drug-likeness (QED) is 0.610. The number of hydrogen-bond donors (Lipinski definition) is 0. The van der Waals surface area contributed by atoms with E-state index in [1.54, 1.807) is 0 Å². The fraction of sp³-hybridized carbons (Fsp3) is 0.727. The monoisotopic (exact) mass is 181 g/mol. The summed E-state index contributed by atoms with van der Waals surface area (Å²) in [7, 11) is 0. The van der Waals surface area contributed by atoms with Gasteiger partial charge in [-0.1, -0.05) is 27.4 Å². The van der Waals surface area contributed by atoms with E-state index in [1.165, 1.54) is 12.5 Å². The number of amides is 1. The van der Waals surface area contributed by atoms with Gasteiger partial charge in [-0.3, -0.25) is 4.79 Å². The third-order valence-electron chi connectivity index (χ3n) is 2.53. The van der Waals surface area contributed by atoms with E-state index in [9.17, 15) is 4.79 Å². The van der Waals surface area contributed by atoms with E-state index >= 15 is 0 Å². The summed E-state index contributed by atoms with van der Waals surface area (Å²) in [6, 6.07) is 0. The van der Waals surface area contributed by atoms with Crippen molar-refractivity contribution in [3.05, 3.63) is 12.7 Å². The molecule has 2 heteroatoms. The van der Waals surface area contributed by atoms with Gasteiger partial charge < -0.3 is 4.90 Å². The van der Waals surface area contributed by atoms with E-state index in [0.717, 1.165) is 13.1 Å². The van der Waals surface area contributed by atoms with Gasteiger partial charge >= 0.3 is 0 Å². The maximum Gasteiger partial charge on any atom is 0.245 e. The van der Waals surface area contributed by atoms with E-state index in [4.69, 9.17) is 0 Å². The number of likely N-dealkylation sites (tertiary alicyclic amines) is 1. The van der Waals surface area contributed by atoms with E-state index in [2.05, 4.69) is 27.4 Å². The average molecular weight is 181 g/mol. The summed E-state index contributed by atoms with van der Waals surface area (Å²) in [4.78, 5) is 13.0. The van der Waals surface area contributed by atoms with E-state index in [-0.39, 0.29) is 5.91 Å². The molecule has 13 heavy (non-hydrogen) atoms. The largest absolute Gasteiger partial charge is 0.338 e. The lowest BCUT2D eigenvalue weighted by Gasteiger charge is -2.48. The maximum atomic E-state index is 11.2. The van der Waals surface area contributed by atoms with Crippen LogP contribution >= 0.6 is 0 Å². The second-order valence-corrected chi connectivity index (χ2v) is 4.81. The third-order valence-corrected chi connectivity index (χ3v) is 2.53. The summed E-state index contributed by atoms with van der Waals surface area (Å²) in [6.07, 6.45) is 2.60. The minimum absolute atomic E-state index is 0.0706. The Kier molecular flexibility index (Phi) is 2.79. The number of carbonyl (C=O) groups is 1. The molecule has 0 spiro atoms. The normalized spacial score (nSPS) is 19.8. The maximum absolute atomic E-state index is 11.2. The van der Waals surface area contributed by atoms with Crippen LogP contribution in [0.3, 0.4) is 0 Å². The Morgan fingerprint density at radius 1 is 1.62 bits per heavy atom. The van der Waals surface area contributed by atoms with Gasteiger partial charge in [-0.05, 0) is 18.4 Å². The van der Waals surface area contributed by atoms with E-state index in [0.29, 0.717) is 11.3 Å². The van der Waals surface area contributed by atoms with Gasteiger partial charge in [0, 0.05) is 18.5 Å². The number of hydrogen-bond acceptors (Lipinski definition) is 1. The van der Waals surface area contributed by atoms with Crippen LogP contribution in [0.4, 0.5) is 0 Å². The first kappa shape index (κ1) is 10.3. The zero-order valence-electron chi connectivity index (χ0n) is 8.84. The molecule has 0 radical (unpaired) electrons. The Balaban J connectivity index is 2.38. The Morgan fingerprint density at radius 3 is 2.54 bits per heavy atom. The summed E-state index contributed by atoms with van der Waals surface area (Å²) in [5.74, 6) is 0.784. The van der Waals surface area contributed by atoms with Crippen molar-refractivity contribution < 1.29 is 4.79 Å². The molecule has 0 aromatic rings. The lowest BCUT2D eigenvalue weighted by molar-refractivity contribution is -0.137. The molecule has 1 saturated heterocycles. The fourth-order valence-corrected chi connectivity index (χ4v) is 2.27. The van der Waals surface area contributed by atoms with Crippen molar-refractivity contribution in [2.45, 2.75) is 27.2 Å². The van der Waals surface area contributed by atoms with Gasteiger partial charge in [0.25, 0.3) is 0 Å². The van der Waals surface area contributed by atoms with Gasteiger partial charge in [0.15, 0.2) is 0 Å². The van der Waals surface area contributed by atoms with Crippen molar-refractivity contribution in [2.75, 3.05) is 13.1 Å². The van der Waals surface area contributed by atoms with E-state index < -0.39 is 0 Å². The first-order valence-electron chi connectivity index (χ1n) is 4.88. The van der Waals surface area contributed by atoms with Crippen LogP contribution in [0.1, 0.15) is 27.2 Å². The van der Waals surface area contributed by atoms with Crippen LogP contribution in [0.25, 0.3) is 0 Å². The molecule has 0 N–H and O–H groups in total. The molecule has 0 unspecified atom stereocenters. The highest BCUT2D eigenvalue weighted by molar-refractivity contribution is 5.87. The zero-order chi connectivity index (χ0) is 10.1. The molecule has 2 nitrogen and oxygen atoms in total. The molecule has 0 atom stereocenters. The van der Waals surface area contributed by atoms with Gasteiger partial charge in [-0.2, -0.15) is 0 Å². The van der Waals surface area contributed by atoms with Crippen molar-refractivity contribution in [1.82, 2.24) is 4.90 Å². The minimum Gasteiger partial charge on any atom is -0.338 e. The SMILES string of the molecule is C=CC(=O)N1CC(C)(CC(C)C)C1. The predicted molar refractivity (Wildman–Crippen MR) is 54.3 cm³/mol. The van der Waals surface area contributed by atoms with Crippen molar-refractivity contribution in [3.63, 3.8) is 0 Å². The summed E-state index contributed by atoms with van der Waals surface area (Å²) in [6.45, 7) is 12.0. The standard InChI is InChI=1S/C11H19NO/c1-5-10(13)12-7-11(4,8-12)6-9(2)3/h5,9H,1,6-8H2,2-4H3. The molecular weight excluding hydrogens is 162 g/mol. The first-order chi connectivity index (χ1) is 5.97. The fourth-order valence-electron chi connectivity index (χ4n) is 2.27. The van der Waals surface area contributed by atoms with E-state index in [1.807, 2.05) is 4.90 Å². The second kappa shape index (κ2) is 3.52. The molecule has 1 amide bonds. The molecule has 0 aliphatic carbocycles. The molecule has 0 saturated carbocycles. The summed E-state index contributed by atoms with van der Waals surface area (Å²) >= 11 is 0. The molecule has 1 rings (SSSR count). The van der Waals surface area contributed by atoms with Crippen molar-refractivity contribution in [3.8, 4) is 0 Å². The molecule has 1 aliphatic rings. The average Bonchev–Trinajstić information content (AvgIpc) is 1.97. The van der Waals surface area contributed by atoms with Gasteiger partial charge in [-0.25, -0.2) is 0 Å². The molecule has 1 fully saturated rings. The first-order valence-corrected chi connectivity index (χ1v) is 4.88. The molecule has 1 aliphatic heterocycles. The Morgan fingerprint density at radius 2 is 2.15 bits per heavy atom. The molecular formula is C11H19NO. The topological polar surface area (TPSA) is 20.3 Å². The van der Waals surface area contributed by atoms with Crippen molar-refractivity contribution in [1.29, 1.82) is 0 Å². The van der Waals surface area contributed by atoms with Crippen LogP contribution in [0, 0.1) is 11.3 Å². The number of nitrogens with zero attached hydrogens (tertiary/aromatic N) is 1. The second-order valence-electron chi connectivity index (χ2n) is 4.81. The van der Waals surface area contributed by atoms with Crippen LogP contribution in [0.5, 0.6) is 0 Å². The summed E-state index contributed by atoms with van der Waals surface area (Å²) in [5, 5.41) is 0. The minimum atomic E-state index is 0.0706.